The number of benzene rings is 2. The molecule has 1 atom stereocenters. The van der Waals surface area contributed by atoms with Crippen molar-refractivity contribution in [1.82, 2.24) is 24.5 Å². The van der Waals surface area contributed by atoms with Crippen LogP contribution in [0.2, 0.25) is 0 Å². The van der Waals surface area contributed by atoms with E-state index in [-0.39, 0.29) is 23.9 Å². The summed E-state index contributed by atoms with van der Waals surface area (Å²) in [6.07, 6.45) is 0.744. The number of nitrogens with zero attached hydrogens (tertiary/aromatic N) is 5. The van der Waals surface area contributed by atoms with Gasteiger partial charge in [0.15, 0.2) is 0 Å². The molecule has 3 aliphatic rings. The van der Waals surface area contributed by atoms with E-state index in [0.29, 0.717) is 50.9 Å². The van der Waals surface area contributed by atoms with Crippen LogP contribution >= 0.6 is 22.6 Å². The Morgan fingerprint density at radius 1 is 0.816 bits per heavy atom. The van der Waals surface area contributed by atoms with Crippen LogP contribution in [0.25, 0.3) is 0 Å². The van der Waals surface area contributed by atoms with Crippen LogP contribution in [0.3, 0.4) is 0 Å². The number of ether oxygens (including phenoxy) is 1. The van der Waals surface area contributed by atoms with Gasteiger partial charge < -0.3 is 24.3 Å². The van der Waals surface area contributed by atoms with Crippen molar-refractivity contribution in [3.8, 4) is 5.75 Å². The smallest absolute Gasteiger partial charge is 0.319 e. The second-order valence-electron chi connectivity index (χ2n) is 10.4. The number of amides is 4. The van der Waals surface area contributed by atoms with Crippen molar-refractivity contribution in [3.05, 3.63) is 63.2 Å². The van der Waals surface area contributed by atoms with Gasteiger partial charge in [0.05, 0.1) is 10.1 Å². The number of likely N-dealkylation sites (tertiary alicyclic amines) is 2. The lowest BCUT2D eigenvalue weighted by atomic mass is 10.0. The van der Waals surface area contributed by atoms with E-state index in [1.165, 1.54) is 0 Å². The second kappa shape index (κ2) is 11.5. The number of piperazine rings is 1. The first kappa shape index (κ1) is 26.7. The lowest BCUT2D eigenvalue weighted by Crippen LogP contribution is -2.64. The Labute approximate surface area is 237 Å². The van der Waals surface area contributed by atoms with Crippen LogP contribution in [0.5, 0.6) is 5.75 Å². The Balaban J connectivity index is 1.08. The van der Waals surface area contributed by atoms with E-state index < -0.39 is 0 Å². The van der Waals surface area contributed by atoms with Crippen LogP contribution < -0.4 is 4.74 Å². The van der Waals surface area contributed by atoms with Gasteiger partial charge in [-0.3, -0.25) is 14.5 Å². The summed E-state index contributed by atoms with van der Waals surface area (Å²) in [5, 5.41) is 0. The summed E-state index contributed by atoms with van der Waals surface area (Å²) in [6, 6.07) is 15.4. The van der Waals surface area contributed by atoms with Crippen LogP contribution in [-0.4, -0.2) is 121 Å². The fraction of sp³-hybridized carbons (Fsp3) is 0.464. The first-order valence-electron chi connectivity index (χ1n) is 13.1. The lowest BCUT2D eigenvalue weighted by Gasteiger charge is -2.48. The lowest BCUT2D eigenvalue weighted by molar-refractivity contribution is 0.00853. The van der Waals surface area contributed by atoms with E-state index in [9.17, 15) is 14.4 Å². The number of halogens is 1. The highest BCUT2D eigenvalue weighted by Gasteiger charge is 2.37. The minimum Gasteiger partial charge on any atom is -0.487 e. The third kappa shape index (κ3) is 5.75. The second-order valence-corrected chi connectivity index (χ2v) is 11.5. The molecule has 9 nitrogen and oxygen atoms in total. The van der Waals surface area contributed by atoms with Crippen LogP contribution in [0.4, 0.5) is 4.79 Å². The zero-order chi connectivity index (χ0) is 26.8. The summed E-state index contributed by atoms with van der Waals surface area (Å²) in [5.41, 5.74) is 1.39. The third-order valence-corrected chi connectivity index (χ3v) is 8.40. The quantitative estimate of drug-likeness (QED) is 0.475. The number of carbonyl (C=O) groups excluding carboxylic acids is 3. The number of urea groups is 1. The maximum absolute atomic E-state index is 13.1. The molecule has 0 spiro atoms. The Hall–Kier alpha value is -2.86. The standard InChI is InChI=1S/C28H34IN5O4/c1-30(2)28(37)33-11-10-23(19-33)38-25-9-8-21(16-24(25)29)27(36)34-17-22(18-34)31-12-14-32(15-13-31)26(35)20-6-4-3-5-7-20/h3-9,16,22-23H,10-15,17-19H2,1-2H3/t23-/m0/s1. The fourth-order valence-electron chi connectivity index (χ4n) is 5.28. The molecule has 3 heterocycles. The average molecular weight is 632 g/mol. The van der Waals surface area contributed by atoms with Crippen molar-refractivity contribution in [2.24, 2.45) is 0 Å². The van der Waals surface area contributed by atoms with E-state index in [0.717, 1.165) is 34.4 Å². The zero-order valence-electron chi connectivity index (χ0n) is 21.9. The summed E-state index contributed by atoms with van der Waals surface area (Å²) in [5.74, 6) is 0.868. The number of carbonyl (C=O) groups is 3. The minimum atomic E-state index is -0.0476. The fourth-order valence-corrected chi connectivity index (χ4v) is 5.92. The molecule has 2 aromatic rings. The first-order valence-corrected chi connectivity index (χ1v) is 14.2. The van der Waals surface area contributed by atoms with Crippen LogP contribution in [0.1, 0.15) is 27.1 Å². The van der Waals surface area contributed by atoms with E-state index in [1.54, 1.807) is 23.9 Å². The summed E-state index contributed by atoms with van der Waals surface area (Å²) >= 11 is 2.21. The molecule has 0 N–H and O–H groups in total. The van der Waals surface area contributed by atoms with E-state index in [1.807, 2.05) is 58.3 Å². The molecule has 38 heavy (non-hydrogen) atoms. The molecule has 3 saturated heterocycles. The molecule has 3 aliphatic heterocycles. The monoisotopic (exact) mass is 631 g/mol. The van der Waals surface area contributed by atoms with Crippen LogP contribution in [0.15, 0.2) is 48.5 Å². The molecule has 0 saturated carbocycles. The maximum atomic E-state index is 13.1. The van der Waals surface area contributed by atoms with Gasteiger partial charge in [0.1, 0.15) is 11.9 Å². The van der Waals surface area contributed by atoms with Gasteiger partial charge in [-0.15, -0.1) is 0 Å². The molecule has 5 rings (SSSR count). The molecule has 2 aromatic carbocycles. The summed E-state index contributed by atoms with van der Waals surface area (Å²) < 4.78 is 7.06. The van der Waals surface area contributed by atoms with Crippen molar-refractivity contribution in [2.75, 3.05) is 66.5 Å². The van der Waals surface area contributed by atoms with Crippen molar-refractivity contribution < 1.29 is 19.1 Å². The highest BCUT2D eigenvalue weighted by molar-refractivity contribution is 14.1. The van der Waals surface area contributed by atoms with Crippen molar-refractivity contribution in [1.29, 1.82) is 0 Å². The highest BCUT2D eigenvalue weighted by Crippen LogP contribution is 2.28. The molecule has 4 amide bonds. The maximum Gasteiger partial charge on any atom is 0.319 e. The minimum absolute atomic E-state index is 0.00199. The van der Waals surface area contributed by atoms with Gasteiger partial charge in [0.2, 0.25) is 0 Å². The third-order valence-electron chi connectivity index (χ3n) is 7.56. The van der Waals surface area contributed by atoms with Gasteiger partial charge in [-0.2, -0.15) is 0 Å². The van der Waals surface area contributed by atoms with E-state index in [2.05, 4.69) is 27.5 Å². The number of hydrogen-bond donors (Lipinski definition) is 0. The number of rotatable bonds is 5. The molecule has 3 fully saturated rings. The molecule has 0 radical (unpaired) electrons. The molecule has 0 aromatic heterocycles. The van der Waals surface area contributed by atoms with E-state index >= 15 is 0 Å². The summed E-state index contributed by atoms with van der Waals surface area (Å²) in [7, 11) is 3.51. The molecule has 10 heteroatoms. The van der Waals surface area contributed by atoms with Crippen molar-refractivity contribution in [3.63, 3.8) is 0 Å². The molecule has 0 bridgehead atoms. The van der Waals surface area contributed by atoms with Gasteiger partial charge >= 0.3 is 6.03 Å². The normalized spacial score (nSPS) is 20.3. The Kier molecular flexibility index (Phi) is 8.08. The van der Waals surface area contributed by atoms with Crippen molar-refractivity contribution >= 4 is 40.4 Å². The predicted octanol–water partition coefficient (Wildman–Crippen LogP) is 2.71. The van der Waals surface area contributed by atoms with Gasteiger partial charge in [-0.05, 0) is 52.9 Å². The largest absolute Gasteiger partial charge is 0.487 e. The van der Waals surface area contributed by atoms with Gasteiger partial charge in [0, 0.05) is 83.5 Å². The number of hydrogen-bond acceptors (Lipinski definition) is 5. The Bertz CT molecular complexity index is 1180. The molecular formula is C28H34IN5O4. The summed E-state index contributed by atoms with van der Waals surface area (Å²) in [6.45, 7) is 5.73. The van der Waals surface area contributed by atoms with Crippen LogP contribution in [-0.2, 0) is 0 Å². The average Bonchev–Trinajstić information content (AvgIpc) is 3.37. The van der Waals surface area contributed by atoms with E-state index in [4.69, 9.17) is 4.74 Å². The zero-order valence-corrected chi connectivity index (χ0v) is 24.0. The van der Waals surface area contributed by atoms with Crippen LogP contribution in [0, 0.1) is 3.57 Å². The topological polar surface area (TPSA) is 76.6 Å². The summed E-state index contributed by atoms with van der Waals surface area (Å²) in [4.78, 5) is 47.6. The molecule has 0 aliphatic carbocycles. The molecular weight excluding hydrogens is 597 g/mol. The highest BCUT2D eigenvalue weighted by atomic mass is 127. The SMILES string of the molecule is CN(C)C(=O)N1CC[C@H](Oc2ccc(C(=O)N3CC(N4CCN(C(=O)c5ccccc5)CC4)C3)cc2I)C1. The molecule has 202 valence electrons. The molecule has 0 unspecified atom stereocenters. The Morgan fingerprint density at radius 2 is 1.50 bits per heavy atom. The van der Waals surface area contributed by atoms with Crippen molar-refractivity contribution in [2.45, 2.75) is 18.6 Å². The first-order chi connectivity index (χ1) is 18.3. The van der Waals surface area contributed by atoms with Gasteiger partial charge in [0.25, 0.3) is 11.8 Å². The van der Waals surface area contributed by atoms with Gasteiger partial charge in [-0.25, -0.2) is 4.79 Å². The Morgan fingerprint density at radius 3 is 2.16 bits per heavy atom. The van der Waals surface area contributed by atoms with Gasteiger partial charge in [-0.1, -0.05) is 18.2 Å². The predicted molar refractivity (Wildman–Crippen MR) is 152 cm³/mol.